The van der Waals surface area contributed by atoms with Crippen LogP contribution in [0.25, 0.3) is 0 Å². The van der Waals surface area contributed by atoms with Crippen LogP contribution < -0.4 is 5.32 Å². The molecule has 5 nitrogen and oxygen atoms in total. The monoisotopic (exact) mass is 289 g/mol. The summed E-state index contributed by atoms with van der Waals surface area (Å²) in [5.41, 5.74) is 2.37. The Hall–Kier alpha value is -2.08. The highest BCUT2D eigenvalue weighted by molar-refractivity contribution is 7.98. The lowest BCUT2D eigenvalue weighted by atomic mass is 10.1. The van der Waals surface area contributed by atoms with Crippen molar-refractivity contribution < 1.29 is 4.92 Å². The second-order valence-corrected chi connectivity index (χ2v) is 5.21. The number of nitrogens with one attached hydrogen (secondary N) is 1. The summed E-state index contributed by atoms with van der Waals surface area (Å²) in [6, 6.07) is 11.1. The summed E-state index contributed by atoms with van der Waals surface area (Å²) in [6.45, 7) is 2.03. The SMILES string of the molecule is CNc1ccc([N+](=O)[O-])c(SCc2ccccc2C)n1. The van der Waals surface area contributed by atoms with Crippen molar-refractivity contribution in [1.82, 2.24) is 4.98 Å². The summed E-state index contributed by atoms with van der Waals surface area (Å²) in [6.07, 6.45) is 0. The van der Waals surface area contributed by atoms with Gasteiger partial charge in [-0.15, -0.1) is 0 Å². The van der Waals surface area contributed by atoms with Gasteiger partial charge in [-0.25, -0.2) is 4.98 Å². The Morgan fingerprint density at radius 3 is 2.70 bits per heavy atom. The number of rotatable bonds is 5. The van der Waals surface area contributed by atoms with E-state index in [0.717, 1.165) is 5.56 Å². The van der Waals surface area contributed by atoms with Gasteiger partial charge >= 0.3 is 5.69 Å². The van der Waals surface area contributed by atoms with Crippen LogP contribution in [0.5, 0.6) is 0 Å². The lowest BCUT2D eigenvalue weighted by Crippen LogP contribution is -1.98. The van der Waals surface area contributed by atoms with Gasteiger partial charge in [0.2, 0.25) is 0 Å². The molecule has 0 aliphatic heterocycles. The highest BCUT2D eigenvalue weighted by Crippen LogP contribution is 2.31. The molecule has 6 heteroatoms. The van der Waals surface area contributed by atoms with Crippen molar-refractivity contribution in [2.24, 2.45) is 0 Å². The van der Waals surface area contributed by atoms with Gasteiger partial charge in [-0.3, -0.25) is 10.1 Å². The largest absolute Gasteiger partial charge is 0.373 e. The lowest BCUT2D eigenvalue weighted by Gasteiger charge is -2.07. The third kappa shape index (κ3) is 3.27. The van der Waals surface area contributed by atoms with Gasteiger partial charge in [0, 0.05) is 18.9 Å². The molecule has 1 N–H and O–H groups in total. The second-order valence-electron chi connectivity index (χ2n) is 4.24. The zero-order valence-corrected chi connectivity index (χ0v) is 12.1. The number of hydrogen-bond acceptors (Lipinski definition) is 5. The predicted molar refractivity (Wildman–Crippen MR) is 81.2 cm³/mol. The van der Waals surface area contributed by atoms with Gasteiger partial charge in [0.1, 0.15) is 5.82 Å². The van der Waals surface area contributed by atoms with Crippen molar-refractivity contribution in [1.29, 1.82) is 0 Å². The normalized spacial score (nSPS) is 10.3. The average molecular weight is 289 g/mol. The number of anilines is 1. The molecule has 104 valence electrons. The maximum absolute atomic E-state index is 11.0. The number of thioether (sulfide) groups is 1. The van der Waals surface area contributed by atoms with Crippen molar-refractivity contribution >= 4 is 23.3 Å². The molecule has 1 heterocycles. The van der Waals surface area contributed by atoms with E-state index < -0.39 is 4.92 Å². The van der Waals surface area contributed by atoms with E-state index in [4.69, 9.17) is 0 Å². The molecule has 20 heavy (non-hydrogen) atoms. The minimum absolute atomic E-state index is 0.0441. The highest BCUT2D eigenvalue weighted by atomic mass is 32.2. The van der Waals surface area contributed by atoms with Gasteiger partial charge in [-0.2, -0.15) is 0 Å². The first-order valence-electron chi connectivity index (χ1n) is 6.12. The molecule has 1 aromatic heterocycles. The van der Waals surface area contributed by atoms with Gasteiger partial charge in [-0.1, -0.05) is 36.0 Å². The molecule has 0 aliphatic rings. The third-order valence-corrected chi connectivity index (χ3v) is 3.95. The molecule has 0 aliphatic carbocycles. The molecule has 0 saturated heterocycles. The van der Waals surface area contributed by atoms with Crippen molar-refractivity contribution in [3.8, 4) is 0 Å². The molecule has 2 rings (SSSR count). The molecule has 0 bridgehead atoms. The van der Waals surface area contributed by atoms with E-state index in [1.54, 1.807) is 13.1 Å². The van der Waals surface area contributed by atoms with Crippen molar-refractivity contribution in [2.45, 2.75) is 17.7 Å². The van der Waals surface area contributed by atoms with E-state index in [0.29, 0.717) is 16.6 Å². The van der Waals surface area contributed by atoms with Gasteiger partial charge in [-0.05, 0) is 24.1 Å². The van der Waals surface area contributed by atoms with Crippen LogP contribution in [-0.2, 0) is 5.75 Å². The maximum Gasteiger partial charge on any atom is 0.301 e. The number of benzene rings is 1. The number of pyridine rings is 1. The summed E-state index contributed by atoms with van der Waals surface area (Å²) in [5, 5.41) is 14.4. The van der Waals surface area contributed by atoms with E-state index in [-0.39, 0.29) is 5.69 Å². The molecule has 0 spiro atoms. The average Bonchev–Trinajstić information content (AvgIpc) is 2.46. The van der Waals surface area contributed by atoms with Crippen LogP contribution in [0.2, 0.25) is 0 Å². The summed E-state index contributed by atoms with van der Waals surface area (Å²) < 4.78 is 0. The first kappa shape index (κ1) is 14.3. The molecule has 2 aromatic rings. The Morgan fingerprint density at radius 2 is 2.05 bits per heavy atom. The summed E-state index contributed by atoms with van der Waals surface area (Å²) in [4.78, 5) is 14.9. The fraction of sp³-hybridized carbons (Fsp3) is 0.214. The number of aromatic nitrogens is 1. The topological polar surface area (TPSA) is 68.1 Å². The Morgan fingerprint density at radius 1 is 1.30 bits per heavy atom. The zero-order chi connectivity index (χ0) is 14.5. The first-order chi connectivity index (χ1) is 9.61. The van der Waals surface area contributed by atoms with Crippen molar-refractivity contribution in [3.63, 3.8) is 0 Å². The molecule has 0 unspecified atom stereocenters. The predicted octanol–water partition coefficient (Wildman–Crippen LogP) is 3.63. The Balaban J connectivity index is 2.24. The van der Waals surface area contributed by atoms with Gasteiger partial charge in [0.25, 0.3) is 0 Å². The fourth-order valence-electron chi connectivity index (χ4n) is 1.74. The van der Waals surface area contributed by atoms with E-state index in [1.807, 2.05) is 31.2 Å². The van der Waals surface area contributed by atoms with Crippen molar-refractivity contribution in [2.75, 3.05) is 12.4 Å². The van der Waals surface area contributed by atoms with Crippen LogP contribution in [0.3, 0.4) is 0 Å². The summed E-state index contributed by atoms with van der Waals surface area (Å²) in [7, 11) is 1.74. The molecule has 0 amide bonds. The molecule has 1 aromatic carbocycles. The number of hydrogen-bond donors (Lipinski definition) is 1. The summed E-state index contributed by atoms with van der Waals surface area (Å²) >= 11 is 1.38. The number of aryl methyl sites for hydroxylation is 1. The maximum atomic E-state index is 11.0. The van der Waals surface area contributed by atoms with E-state index >= 15 is 0 Å². The van der Waals surface area contributed by atoms with Crippen LogP contribution in [0.15, 0.2) is 41.4 Å². The fourth-order valence-corrected chi connectivity index (χ4v) is 2.81. The molecule has 0 radical (unpaired) electrons. The van der Waals surface area contributed by atoms with E-state index in [1.165, 1.54) is 23.4 Å². The van der Waals surface area contributed by atoms with Gasteiger partial charge in [0.15, 0.2) is 5.03 Å². The molecule has 0 fully saturated rings. The minimum atomic E-state index is -0.396. The van der Waals surface area contributed by atoms with Gasteiger partial charge < -0.3 is 5.32 Å². The van der Waals surface area contributed by atoms with Crippen LogP contribution in [-0.4, -0.2) is 17.0 Å². The van der Waals surface area contributed by atoms with E-state index in [9.17, 15) is 10.1 Å². The Labute approximate surface area is 121 Å². The number of nitro groups is 1. The smallest absolute Gasteiger partial charge is 0.301 e. The van der Waals surface area contributed by atoms with Crippen LogP contribution in [0, 0.1) is 17.0 Å². The standard InChI is InChI=1S/C14H15N3O2S/c1-10-5-3-4-6-11(10)9-20-14-12(17(18)19)7-8-13(15-2)16-14/h3-8H,9H2,1-2H3,(H,15,16). The number of nitrogens with zero attached hydrogens (tertiary/aromatic N) is 2. The molecular formula is C14H15N3O2S. The Kier molecular flexibility index (Phi) is 4.57. The van der Waals surface area contributed by atoms with E-state index in [2.05, 4.69) is 10.3 Å². The highest BCUT2D eigenvalue weighted by Gasteiger charge is 2.16. The second kappa shape index (κ2) is 6.38. The quantitative estimate of drug-likeness (QED) is 0.517. The summed E-state index contributed by atoms with van der Waals surface area (Å²) in [5.74, 6) is 1.29. The zero-order valence-electron chi connectivity index (χ0n) is 11.3. The third-order valence-electron chi connectivity index (χ3n) is 2.92. The van der Waals surface area contributed by atoms with Crippen LogP contribution in [0.4, 0.5) is 11.5 Å². The minimum Gasteiger partial charge on any atom is -0.373 e. The van der Waals surface area contributed by atoms with Crippen LogP contribution >= 0.6 is 11.8 Å². The molecule has 0 saturated carbocycles. The van der Waals surface area contributed by atoms with Gasteiger partial charge in [0.05, 0.1) is 4.92 Å². The Bertz CT molecular complexity index is 632. The van der Waals surface area contributed by atoms with Crippen LogP contribution in [0.1, 0.15) is 11.1 Å². The molecular weight excluding hydrogens is 274 g/mol. The first-order valence-corrected chi connectivity index (χ1v) is 7.11. The molecule has 0 atom stereocenters. The van der Waals surface area contributed by atoms with Crippen molar-refractivity contribution in [3.05, 3.63) is 57.6 Å². The lowest BCUT2D eigenvalue weighted by molar-refractivity contribution is -0.388.